The van der Waals surface area contributed by atoms with Crippen LogP contribution in [0.2, 0.25) is 0 Å². The molecule has 5 nitrogen and oxygen atoms in total. The fourth-order valence-corrected chi connectivity index (χ4v) is 1.89. The highest BCUT2D eigenvalue weighted by atomic mass is 16.5. The maximum Gasteiger partial charge on any atom is 0.417 e. The summed E-state index contributed by atoms with van der Waals surface area (Å²) in [6, 6.07) is 7.24. The molecular weight excluding hydrogens is 232 g/mol. The van der Waals surface area contributed by atoms with Crippen LogP contribution in [0.15, 0.2) is 45.9 Å². The number of hydrogen-bond donors (Lipinski definition) is 1. The van der Waals surface area contributed by atoms with Crippen molar-refractivity contribution in [2.75, 3.05) is 7.11 Å². The molecule has 0 aliphatic rings. The molecule has 90 valence electrons. The minimum absolute atomic E-state index is 0.458. The molecule has 0 atom stereocenters. The maximum atomic E-state index is 11.1. The zero-order chi connectivity index (χ0) is 12.5. The number of aromatic nitrogens is 2. The van der Waals surface area contributed by atoms with E-state index in [2.05, 4.69) is 9.97 Å². The molecule has 5 heteroatoms. The van der Waals surface area contributed by atoms with Crippen molar-refractivity contribution in [3.8, 4) is 16.9 Å². The summed E-state index contributed by atoms with van der Waals surface area (Å²) in [5, 5.41) is 0. The molecule has 2 heterocycles. The first-order valence-electron chi connectivity index (χ1n) is 5.39. The fourth-order valence-electron chi connectivity index (χ4n) is 1.89. The first-order valence-corrected chi connectivity index (χ1v) is 5.39. The van der Waals surface area contributed by atoms with E-state index in [1.54, 1.807) is 37.7 Å². The summed E-state index contributed by atoms with van der Waals surface area (Å²) >= 11 is 0. The second kappa shape index (κ2) is 4.03. The monoisotopic (exact) mass is 242 g/mol. The van der Waals surface area contributed by atoms with Gasteiger partial charge in [-0.15, -0.1) is 0 Å². The van der Waals surface area contributed by atoms with E-state index in [0.29, 0.717) is 11.1 Å². The molecule has 0 bridgehead atoms. The molecule has 1 aromatic carbocycles. The Hall–Kier alpha value is -2.56. The van der Waals surface area contributed by atoms with Gasteiger partial charge in [0.15, 0.2) is 5.58 Å². The lowest BCUT2D eigenvalue weighted by atomic mass is 10.1. The summed E-state index contributed by atoms with van der Waals surface area (Å²) in [6.07, 6.45) is 3.38. The van der Waals surface area contributed by atoms with Crippen molar-refractivity contribution >= 4 is 11.1 Å². The van der Waals surface area contributed by atoms with Gasteiger partial charge >= 0.3 is 5.76 Å². The van der Waals surface area contributed by atoms with Crippen molar-refractivity contribution in [1.82, 2.24) is 9.97 Å². The predicted octanol–water partition coefficient (Wildman–Crippen LogP) is 2.19. The molecule has 2 aromatic heterocycles. The highest BCUT2D eigenvalue weighted by Crippen LogP contribution is 2.30. The zero-order valence-electron chi connectivity index (χ0n) is 9.64. The van der Waals surface area contributed by atoms with Crippen LogP contribution in [-0.2, 0) is 0 Å². The van der Waals surface area contributed by atoms with E-state index in [9.17, 15) is 4.79 Å². The Morgan fingerprint density at radius 2 is 2.22 bits per heavy atom. The quantitative estimate of drug-likeness (QED) is 0.747. The second-order valence-corrected chi connectivity index (χ2v) is 3.80. The van der Waals surface area contributed by atoms with Crippen LogP contribution in [0, 0.1) is 0 Å². The first-order chi connectivity index (χ1) is 8.78. The van der Waals surface area contributed by atoms with Crippen molar-refractivity contribution in [3.05, 3.63) is 47.2 Å². The molecule has 0 amide bonds. The Kier molecular flexibility index (Phi) is 2.37. The largest absolute Gasteiger partial charge is 0.496 e. The number of hydrogen-bond acceptors (Lipinski definition) is 4. The van der Waals surface area contributed by atoms with Gasteiger partial charge < -0.3 is 9.15 Å². The number of nitrogens with one attached hydrogen (secondary N) is 1. The molecule has 0 aliphatic heterocycles. The van der Waals surface area contributed by atoms with Crippen LogP contribution in [0.4, 0.5) is 0 Å². The van der Waals surface area contributed by atoms with Crippen molar-refractivity contribution in [3.63, 3.8) is 0 Å². The summed E-state index contributed by atoms with van der Waals surface area (Å²) < 4.78 is 10.3. The minimum Gasteiger partial charge on any atom is -0.496 e. The molecule has 3 aromatic rings. The second-order valence-electron chi connectivity index (χ2n) is 3.80. The number of oxazole rings is 1. The van der Waals surface area contributed by atoms with E-state index in [1.807, 2.05) is 6.07 Å². The molecule has 1 N–H and O–H groups in total. The summed E-state index contributed by atoms with van der Waals surface area (Å²) in [6.45, 7) is 0. The van der Waals surface area contributed by atoms with Gasteiger partial charge in [-0.05, 0) is 23.8 Å². The molecule has 0 spiro atoms. The van der Waals surface area contributed by atoms with E-state index in [1.165, 1.54) is 0 Å². The molecule has 0 unspecified atom stereocenters. The number of pyridine rings is 1. The van der Waals surface area contributed by atoms with Gasteiger partial charge in [0, 0.05) is 18.0 Å². The Morgan fingerprint density at radius 3 is 3.06 bits per heavy atom. The maximum absolute atomic E-state index is 11.1. The van der Waals surface area contributed by atoms with Crippen LogP contribution >= 0.6 is 0 Å². The molecule has 18 heavy (non-hydrogen) atoms. The van der Waals surface area contributed by atoms with Crippen molar-refractivity contribution < 1.29 is 9.15 Å². The van der Waals surface area contributed by atoms with E-state index in [-0.39, 0.29) is 0 Å². The van der Waals surface area contributed by atoms with Gasteiger partial charge in [-0.2, -0.15) is 0 Å². The molecule has 0 radical (unpaired) electrons. The Labute approximate surface area is 102 Å². The van der Waals surface area contributed by atoms with E-state index >= 15 is 0 Å². The number of H-pyrrole nitrogens is 1. The van der Waals surface area contributed by atoms with Crippen molar-refractivity contribution in [2.45, 2.75) is 0 Å². The third-order valence-corrected chi connectivity index (χ3v) is 2.73. The average Bonchev–Trinajstić information content (AvgIpc) is 2.77. The van der Waals surface area contributed by atoms with Gasteiger partial charge in [0.05, 0.1) is 12.6 Å². The standard InChI is InChI=1S/C13H10N2O3/c1-17-11-4-5-14-7-9(11)8-2-3-10-12(6-8)18-13(16)15-10/h2-7H,1H3,(H,15,16). The minimum atomic E-state index is -0.458. The summed E-state index contributed by atoms with van der Waals surface area (Å²) in [5.41, 5.74) is 2.93. The molecule has 3 rings (SSSR count). The van der Waals surface area contributed by atoms with Crippen LogP contribution < -0.4 is 10.5 Å². The van der Waals surface area contributed by atoms with Gasteiger partial charge in [0.1, 0.15) is 5.75 Å². The molecule has 0 aliphatic carbocycles. The lowest BCUT2D eigenvalue weighted by Gasteiger charge is -2.07. The Balaban J connectivity index is 2.21. The van der Waals surface area contributed by atoms with Gasteiger partial charge in [0.25, 0.3) is 0 Å². The van der Waals surface area contributed by atoms with Crippen LogP contribution in [0.1, 0.15) is 0 Å². The third kappa shape index (κ3) is 1.66. The van der Waals surface area contributed by atoms with Crippen LogP contribution in [0.25, 0.3) is 22.2 Å². The highest BCUT2D eigenvalue weighted by Gasteiger charge is 2.08. The Morgan fingerprint density at radius 1 is 1.33 bits per heavy atom. The fraction of sp³-hybridized carbons (Fsp3) is 0.0769. The van der Waals surface area contributed by atoms with Gasteiger partial charge in [-0.1, -0.05) is 6.07 Å². The normalized spacial score (nSPS) is 10.7. The topological polar surface area (TPSA) is 68.1 Å². The average molecular weight is 242 g/mol. The van der Waals surface area contributed by atoms with Crippen LogP contribution in [0.5, 0.6) is 5.75 Å². The van der Waals surface area contributed by atoms with E-state index in [4.69, 9.17) is 9.15 Å². The first kappa shape index (κ1) is 10.6. The Bertz CT molecular complexity index is 758. The number of aromatic amines is 1. The molecular formula is C13H10N2O3. The summed E-state index contributed by atoms with van der Waals surface area (Å²) in [5.74, 6) is 0.266. The number of methoxy groups -OCH3 is 1. The van der Waals surface area contributed by atoms with Gasteiger partial charge in [-0.3, -0.25) is 9.97 Å². The molecule has 0 saturated heterocycles. The summed E-state index contributed by atoms with van der Waals surface area (Å²) in [4.78, 5) is 17.8. The predicted molar refractivity (Wildman–Crippen MR) is 66.6 cm³/mol. The number of fused-ring (bicyclic) bond motifs is 1. The number of ether oxygens (including phenoxy) is 1. The van der Waals surface area contributed by atoms with E-state index in [0.717, 1.165) is 16.9 Å². The van der Waals surface area contributed by atoms with Gasteiger partial charge in [0.2, 0.25) is 0 Å². The molecule has 0 fully saturated rings. The smallest absolute Gasteiger partial charge is 0.417 e. The number of nitrogens with zero attached hydrogens (tertiary/aromatic N) is 1. The number of rotatable bonds is 2. The van der Waals surface area contributed by atoms with Crippen LogP contribution in [0.3, 0.4) is 0 Å². The van der Waals surface area contributed by atoms with Crippen molar-refractivity contribution in [1.29, 1.82) is 0 Å². The summed E-state index contributed by atoms with van der Waals surface area (Å²) in [7, 11) is 1.60. The van der Waals surface area contributed by atoms with Crippen LogP contribution in [-0.4, -0.2) is 17.1 Å². The lowest BCUT2D eigenvalue weighted by molar-refractivity contribution is 0.416. The molecule has 0 saturated carbocycles. The highest BCUT2D eigenvalue weighted by molar-refractivity contribution is 5.81. The third-order valence-electron chi connectivity index (χ3n) is 2.73. The van der Waals surface area contributed by atoms with Crippen molar-refractivity contribution in [2.24, 2.45) is 0 Å². The van der Waals surface area contributed by atoms with Gasteiger partial charge in [-0.25, -0.2) is 4.79 Å². The number of benzene rings is 1. The SMILES string of the molecule is COc1ccncc1-c1ccc2[nH]c(=O)oc2c1. The van der Waals surface area contributed by atoms with E-state index < -0.39 is 5.76 Å². The lowest BCUT2D eigenvalue weighted by Crippen LogP contribution is -1.92. The zero-order valence-corrected chi connectivity index (χ0v) is 9.64.